The standard InChI is InChI=1S/C11H11ClFNO3/c12-6-3-7-11(17-5-16-7)9(10(6)13)8-4-14-1-2-15-8/h3,8,14H,1-2,4-5H2. The summed E-state index contributed by atoms with van der Waals surface area (Å²) in [4.78, 5) is 0. The van der Waals surface area contributed by atoms with Gasteiger partial charge in [-0.15, -0.1) is 0 Å². The van der Waals surface area contributed by atoms with Crippen molar-refractivity contribution in [2.75, 3.05) is 26.5 Å². The van der Waals surface area contributed by atoms with Gasteiger partial charge >= 0.3 is 0 Å². The van der Waals surface area contributed by atoms with E-state index in [0.29, 0.717) is 30.2 Å². The first-order valence-electron chi connectivity index (χ1n) is 5.37. The SMILES string of the molecule is Fc1c(Cl)cc2c(c1C1CNCCO1)OCO2. The highest BCUT2D eigenvalue weighted by molar-refractivity contribution is 6.31. The Hall–Kier alpha value is -1.04. The predicted molar refractivity (Wildman–Crippen MR) is 59.1 cm³/mol. The number of ether oxygens (including phenoxy) is 3. The van der Waals surface area contributed by atoms with Crippen LogP contribution in [0.1, 0.15) is 11.7 Å². The molecule has 0 amide bonds. The van der Waals surface area contributed by atoms with Crippen molar-refractivity contribution >= 4 is 11.6 Å². The van der Waals surface area contributed by atoms with E-state index in [9.17, 15) is 4.39 Å². The van der Waals surface area contributed by atoms with E-state index < -0.39 is 11.9 Å². The van der Waals surface area contributed by atoms with Gasteiger partial charge in [-0.25, -0.2) is 4.39 Å². The van der Waals surface area contributed by atoms with Crippen molar-refractivity contribution in [3.8, 4) is 11.5 Å². The highest BCUT2D eigenvalue weighted by Gasteiger charge is 2.30. The number of rotatable bonds is 1. The van der Waals surface area contributed by atoms with E-state index in [1.165, 1.54) is 6.07 Å². The zero-order chi connectivity index (χ0) is 11.8. The van der Waals surface area contributed by atoms with Crippen molar-refractivity contribution in [3.05, 3.63) is 22.5 Å². The summed E-state index contributed by atoms with van der Waals surface area (Å²) in [6, 6.07) is 1.43. The molecule has 0 bridgehead atoms. The molecule has 1 unspecified atom stereocenters. The van der Waals surface area contributed by atoms with E-state index in [4.69, 9.17) is 25.8 Å². The molecule has 2 aliphatic rings. The summed E-state index contributed by atoms with van der Waals surface area (Å²) in [6.45, 7) is 1.92. The minimum Gasteiger partial charge on any atom is -0.454 e. The Morgan fingerprint density at radius 1 is 1.41 bits per heavy atom. The lowest BCUT2D eigenvalue weighted by Gasteiger charge is -2.25. The van der Waals surface area contributed by atoms with Crippen molar-refractivity contribution < 1.29 is 18.6 Å². The van der Waals surface area contributed by atoms with Gasteiger partial charge in [0.1, 0.15) is 6.10 Å². The molecule has 1 atom stereocenters. The number of hydrogen-bond acceptors (Lipinski definition) is 4. The Balaban J connectivity index is 2.07. The third-order valence-corrected chi connectivity index (χ3v) is 3.11. The molecule has 0 spiro atoms. The summed E-state index contributed by atoms with van der Waals surface area (Å²) in [5.74, 6) is 0.380. The molecule has 0 aromatic heterocycles. The van der Waals surface area contributed by atoms with Crippen molar-refractivity contribution in [1.82, 2.24) is 5.32 Å². The van der Waals surface area contributed by atoms with Crippen LogP contribution in [0.5, 0.6) is 11.5 Å². The molecule has 0 aliphatic carbocycles. The molecule has 17 heavy (non-hydrogen) atoms. The summed E-state index contributed by atoms with van der Waals surface area (Å²) in [5, 5.41) is 3.17. The van der Waals surface area contributed by atoms with E-state index in [1.54, 1.807) is 0 Å². The number of hydrogen-bond donors (Lipinski definition) is 1. The lowest BCUT2D eigenvalue weighted by molar-refractivity contribution is 0.0237. The van der Waals surface area contributed by atoms with Gasteiger partial charge in [0.15, 0.2) is 17.3 Å². The molecule has 2 heterocycles. The molecule has 0 saturated carbocycles. The molecule has 1 N–H and O–H groups in total. The maximum absolute atomic E-state index is 14.1. The van der Waals surface area contributed by atoms with Crippen molar-refractivity contribution in [3.63, 3.8) is 0 Å². The molecule has 0 radical (unpaired) electrons. The molecule has 92 valence electrons. The van der Waals surface area contributed by atoms with E-state index in [0.717, 1.165) is 6.54 Å². The van der Waals surface area contributed by atoms with Gasteiger partial charge in [-0.2, -0.15) is 0 Å². The van der Waals surface area contributed by atoms with Crippen LogP contribution in [0.4, 0.5) is 4.39 Å². The maximum Gasteiger partial charge on any atom is 0.231 e. The van der Waals surface area contributed by atoms with Gasteiger partial charge < -0.3 is 19.5 Å². The second-order valence-electron chi connectivity index (χ2n) is 3.88. The Morgan fingerprint density at radius 2 is 2.29 bits per heavy atom. The first-order valence-corrected chi connectivity index (χ1v) is 5.75. The number of fused-ring (bicyclic) bond motifs is 1. The number of nitrogens with one attached hydrogen (secondary N) is 1. The fourth-order valence-corrected chi connectivity index (χ4v) is 2.25. The first-order chi connectivity index (χ1) is 8.27. The fourth-order valence-electron chi connectivity index (χ4n) is 2.05. The minimum atomic E-state index is -0.496. The lowest BCUT2D eigenvalue weighted by atomic mass is 10.1. The Labute approximate surface area is 103 Å². The van der Waals surface area contributed by atoms with Gasteiger partial charge in [0.05, 0.1) is 17.2 Å². The lowest BCUT2D eigenvalue weighted by Crippen LogP contribution is -2.34. The average Bonchev–Trinajstić information content (AvgIpc) is 2.79. The van der Waals surface area contributed by atoms with Gasteiger partial charge in [-0.1, -0.05) is 11.6 Å². The summed E-state index contributed by atoms with van der Waals surface area (Å²) in [7, 11) is 0. The summed E-state index contributed by atoms with van der Waals surface area (Å²) < 4.78 is 30.1. The molecule has 3 rings (SSSR count). The molecular formula is C11H11ClFNO3. The van der Waals surface area contributed by atoms with E-state index in [2.05, 4.69) is 5.32 Å². The number of morpholine rings is 1. The van der Waals surface area contributed by atoms with Crippen LogP contribution in [-0.2, 0) is 4.74 Å². The molecule has 1 saturated heterocycles. The van der Waals surface area contributed by atoms with Crippen LogP contribution in [0.25, 0.3) is 0 Å². The smallest absolute Gasteiger partial charge is 0.231 e. The van der Waals surface area contributed by atoms with Gasteiger partial charge in [-0.3, -0.25) is 0 Å². The second kappa shape index (κ2) is 4.33. The molecule has 1 aromatic rings. The monoisotopic (exact) mass is 259 g/mol. The van der Waals surface area contributed by atoms with Crippen LogP contribution in [0.15, 0.2) is 6.07 Å². The van der Waals surface area contributed by atoms with Crippen molar-refractivity contribution in [2.24, 2.45) is 0 Å². The third-order valence-electron chi connectivity index (χ3n) is 2.84. The third kappa shape index (κ3) is 1.84. The molecular weight excluding hydrogens is 249 g/mol. The molecule has 1 fully saturated rings. The van der Waals surface area contributed by atoms with Gasteiger partial charge in [0, 0.05) is 19.2 Å². The second-order valence-corrected chi connectivity index (χ2v) is 4.29. The van der Waals surface area contributed by atoms with Crippen molar-refractivity contribution in [1.29, 1.82) is 0 Å². The Kier molecular flexibility index (Phi) is 2.82. The van der Waals surface area contributed by atoms with E-state index in [-0.39, 0.29) is 11.8 Å². The van der Waals surface area contributed by atoms with Crippen molar-refractivity contribution in [2.45, 2.75) is 6.10 Å². The zero-order valence-corrected chi connectivity index (χ0v) is 9.72. The highest BCUT2D eigenvalue weighted by atomic mass is 35.5. The van der Waals surface area contributed by atoms with Crippen LogP contribution in [0.2, 0.25) is 5.02 Å². The number of halogens is 2. The van der Waals surface area contributed by atoms with Crippen LogP contribution < -0.4 is 14.8 Å². The van der Waals surface area contributed by atoms with Crippen LogP contribution >= 0.6 is 11.6 Å². The molecule has 2 aliphatic heterocycles. The van der Waals surface area contributed by atoms with Gasteiger partial charge in [0.25, 0.3) is 0 Å². The van der Waals surface area contributed by atoms with E-state index in [1.807, 2.05) is 0 Å². The summed E-state index contributed by atoms with van der Waals surface area (Å²) >= 11 is 5.83. The number of benzene rings is 1. The Morgan fingerprint density at radius 3 is 3.06 bits per heavy atom. The maximum atomic E-state index is 14.1. The van der Waals surface area contributed by atoms with Crippen LogP contribution in [0.3, 0.4) is 0 Å². The average molecular weight is 260 g/mol. The zero-order valence-electron chi connectivity index (χ0n) is 8.96. The fraction of sp³-hybridized carbons (Fsp3) is 0.455. The van der Waals surface area contributed by atoms with Crippen LogP contribution in [-0.4, -0.2) is 26.5 Å². The summed E-state index contributed by atoms with van der Waals surface area (Å²) in [6.07, 6.45) is -0.391. The Bertz CT molecular complexity index is 449. The quantitative estimate of drug-likeness (QED) is 0.836. The largest absolute Gasteiger partial charge is 0.454 e. The summed E-state index contributed by atoms with van der Waals surface area (Å²) in [5.41, 5.74) is 0.345. The van der Waals surface area contributed by atoms with Gasteiger partial charge in [-0.05, 0) is 0 Å². The molecule has 1 aromatic carbocycles. The normalized spacial score (nSPS) is 22.8. The predicted octanol–water partition coefficient (Wildman–Crippen LogP) is 1.87. The first kappa shape index (κ1) is 11.1. The van der Waals surface area contributed by atoms with Crippen LogP contribution in [0, 0.1) is 5.82 Å². The molecule has 6 heteroatoms. The highest BCUT2D eigenvalue weighted by Crippen LogP contribution is 2.44. The topological polar surface area (TPSA) is 39.7 Å². The minimum absolute atomic E-state index is 0.0263. The van der Waals surface area contributed by atoms with E-state index >= 15 is 0 Å². The van der Waals surface area contributed by atoms with Gasteiger partial charge in [0.2, 0.25) is 6.79 Å². The molecule has 4 nitrogen and oxygen atoms in total.